The molecule has 0 aromatic heterocycles. The van der Waals surface area contributed by atoms with Crippen LogP contribution in [-0.2, 0) is 4.79 Å². The molecule has 0 aliphatic carbocycles. The molecule has 1 fully saturated rings. The summed E-state index contributed by atoms with van der Waals surface area (Å²) in [6.45, 7) is 3.37. The van der Waals surface area contributed by atoms with Crippen molar-refractivity contribution in [3.05, 3.63) is 30.1 Å². The van der Waals surface area contributed by atoms with Crippen LogP contribution in [0.1, 0.15) is 19.8 Å². The summed E-state index contributed by atoms with van der Waals surface area (Å²) in [7, 11) is 0. The molecule has 1 atom stereocenters. The van der Waals surface area contributed by atoms with E-state index >= 15 is 0 Å². The van der Waals surface area contributed by atoms with E-state index in [0.717, 1.165) is 19.4 Å². The zero-order chi connectivity index (χ0) is 12.3. The molecule has 1 heterocycles. The van der Waals surface area contributed by atoms with Gasteiger partial charge in [0.15, 0.2) is 0 Å². The lowest BCUT2D eigenvalue weighted by Crippen LogP contribution is -2.47. The van der Waals surface area contributed by atoms with Gasteiger partial charge in [-0.2, -0.15) is 0 Å². The third kappa shape index (κ3) is 2.82. The first-order valence-electron chi connectivity index (χ1n) is 5.99. The minimum atomic E-state index is -0.307. The molecule has 0 spiro atoms. The molecule has 0 radical (unpaired) electrons. The quantitative estimate of drug-likeness (QED) is 0.808. The summed E-state index contributed by atoms with van der Waals surface area (Å²) < 4.78 is 13.2. The fourth-order valence-corrected chi connectivity index (χ4v) is 2.05. The average Bonchev–Trinajstić information content (AvgIpc) is 2.31. The first-order valence-corrected chi connectivity index (χ1v) is 5.99. The lowest BCUT2D eigenvalue weighted by Gasteiger charge is -2.28. The molecule has 17 heavy (non-hydrogen) atoms. The van der Waals surface area contributed by atoms with Crippen molar-refractivity contribution in [2.45, 2.75) is 25.8 Å². The topological polar surface area (TPSA) is 32.3 Å². The maximum atomic E-state index is 13.2. The Morgan fingerprint density at radius 3 is 3.00 bits per heavy atom. The van der Waals surface area contributed by atoms with Crippen LogP contribution in [0.3, 0.4) is 0 Å². The zero-order valence-corrected chi connectivity index (χ0v) is 9.95. The molecule has 2 rings (SSSR count). The number of halogens is 1. The first-order chi connectivity index (χ1) is 8.18. The van der Waals surface area contributed by atoms with Gasteiger partial charge in [-0.05, 0) is 44.5 Å². The molecule has 92 valence electrons. The Kier molecular flexibility index (Phi) is 3.74. The van der Waals surface area contributed by atoms with E-state index < -0.39 is 0 Å². The Labute approximate surface area is 101 Å². The molecule has 0 bridgehead atoms. The third-order valence-corrected chi connectivity index (χ3v) is 3.02. The van der Waals surface area contributed by atoms with Crippen LogP contribution in [0.15, 0.2) is 24.3 Å². The Hall–Kier alpha value is -1.42. The minimum absolute atomic E-state index is 0.00954. The number of hydrogen-bond donors (Lipinski definition) is 1. The molecule has 1 aliphatic heterocycles. The summed E-state index contributed by atoms with van der Waals surface area (Å²) in [5.74, 6) is -0.298. The van der Waals surface area contributed by atoms with E-state index in [1.165, 1.54) is 12.1 Å². The molecule has 1 N–H and O–H groups in total. The van der Waals surface area contributed by atoms with Crippen LogP contribution < -0.4 is 10.2 Å². The van der Waals surface area contributed by atoms with Crippen molar-refractivity contribution >= 4 is 11.6 Å². The third-order valence-electron chi connectivity index (χ3n) is 3.02. The highest BCUT2D eigenvalue weighted by Crippen LogP contribution is 2.18. The molecule has 1 aliphatic rings. The lowest BCUT2D eigenvalue weighted by molar-refractivity contribution is -0.120. The standard InChI is InChI=1S/C13H17FN2O/c1-10-13(17)16(8-3-2-7-15-10)12-6-4-5-11(14)9-12/h4-6,9-10,15H,2-3,7-8H2,1H3. The smallest absolute Gasteiger partial charge is 0.243 e. The monoisotopic (exact) mass is 236 g/mol. The SMILES string of the molecule is CC1NCCCCN(c2cccc(F)c2)C1=O. The van der Waals surface area contributed by atoms with Gasteiger partial charge in [0.2, 0.25) is 5.91 Å². The lowest BCUT2D eigenvalue weighted by atomic mass is 10.1. The molecular weight excluding hydrogens is 219 g/mol. The maximum Gasteiger partial charge on any atom is 0.243 e. The molecule has 3 nitrogen and oxygen atoms in total. The van der Waals surface area contributed by atoms with Crippen molar-refractivity contribution in [1.29, 1.82) is 0 Å². The van der Waals surface area contributed by atoms with Gasteiger partial charge in [-0.25, -0.2) is 4.39 Å². The van der Waals surface area contributed by atoms with Crippen LogP contribution in [0.25, 0.3) is 0 Å². The predicted octanol–water partition coefficient (Wildman–Crippen LogP) is 1.93. The van der Waals surface area contributed by atoms with E-state index in [0.29, 0.717) is 12.2 Å². The molecular formula is C13H17FN2O. The highest BCUT2D eigenvalue weighted by atomic mass is 19.1. The van der Waals surface area contributed by atoms with Crippen LogP contribution in [0, 0.1) is 5.82 Å². The Morgan fingerprint density at radius 1 is 1.41 bits per heavy atom. The highest BCUT2D eigenvalue weighted by Gasteiger charge is 2.23. The predicted molar refractivity (Wildman–Crippen MR) is 65.5 cm³/mol. The van der Waals surface area contributed by atoms with Gasteiger partial charge in [0, 0.05) is 12.2 Å². The van der Waals surface area contributed by atoms with Gasteiger partial charge < -0.3 is 10.2 Å². The number of amides is 1. The van der Waals surface area contributed by atoms with E-state index in [2.05, 4.69) is 5.32 Å². The Bertz CT molecular complexity index is 408. The van der Waals surface area contributed by atoms with E-state index in [1.807, 2.05) is 6.92 Å². The van der Waals surface area contributed by atoms with E-state index in [-0.39, 0.29) is 17.8 Å². The summed E-state index contributed by atoms with van der Waals surface area (Å²) in [5, 5.41) is 3.16. The largest absolute Gasteiger partial charge is 0.311 e. The highest BCUT2D eigenvalue weighted by molar-refractivity contribution is 5.97. The molecule has 1 aromatic rings. The summed E-state index contributed by atoms with van der Waals surface area (Å²) in [6.07, 6.45) is 1.96. The summed E-state index contributed by atoms with van der Waals surface area (Å²) in [6, 6.07) is 5.99. The van der Waals surface area contributed by atoms with Crippen LogP contribution >= 0.6 is 0 Å². The fraction of sp³-hybridized carbons (Fsp3) is 0.462. The van der Waals surface area contributed by atoms with Gasteiger partial charge in [-0.3, -0.25) is 4.79 Å². The molecule has 1 amide bonds. The van der Waals surface area contributed by atoms with Gasteiger partial charge >= 0.3 is 0 Å². The number of hydrogen-bond acceptors (Lipinski definition) is 2. The molecule has 0 saturated carbocycles. The van der Waals surface area contributed by atoms with Crippen LogP contribution in [0.2, 0.25) is 0 Å². The van der Waals surface area contributed by atoms with Gasteiger partial charge in [-0.15, -0.1) is 0 Å². The van der Waals surface area contributed by atoms with Crippen LogP contribution in [-0.4, -0.2) is 25.0 Å². The number of carbonyl (C=O) groups excluding carboxylic acids is 1. The van der Waals surface area contributed by atoms with Gasteiger partial charge in [0.1, 0.15) is 5.82 Å². The molecule has 1 aromatic carbocycles. The van der Waals surface area contributed by atoms with Crippen molar-refractivity contribution in [1.82, 2.24) is 5.32 Å². The zero-order valence-electron chi connectivity index (χ0n) is 9.95. The number of anilines is 1. The van der Waals surface area contributed by atoms with Crippen molar-refractivity contribution in [2.75, 3.05) is 18.0 Å². The van der Waals surface area contributed by atoms with Crippen molar-refractivity contribution in [3.63, 3.8) is 0 Å². The van der Waals surface area contributed by atoms with Gasteiger partial charge in [-0.1, -0.05) is 6.07 Å². The second kappa shape index (κ2) is 5.27. The number of nitrogens with one attached hydrogen (secondary N) is 1. The molecule has 1 saturated heterocycles. The van der Waals surface area contributed by atoms with E-state index in [4.69, 9.17) is 0 Å². The number of carbonyl (C=O) groups is 1. The number of benzene rings is 1. The summed E-state index contributed by atoms with van der Waals surface area (Å²) in [4.78, 5) is 13.8. The number of nitrogens with zero attached hydrogens (tertiary/aromatic N) is 1. The first kappa shape index (κ1) is 12.0. The van der Waals surface area contributed by atoms with Crippen LogP contribution in [0.5, 0.6) is 0 Å². The molecule has 4 heteroatoms. The van der Waals surface area contributed by atoms with Crippen molar-refractivity contribution in [2.24, 2.45) is 0 Å². The van der Waals surface area contributed by atoms with E-state index in [9.17, 15) is 9.18 Å². The second-order valence-electron chi connectivity index (χ2n) is 4.35. The van der Waals surface area contributed by atoms with Crippen molar-refractivity contribution < 1.29 is 9.18 Å². The van der Waals surface area contributed by atoms with Gasteiger partial charge in [0.05, 0.1) is 6.04 Å². The minimum Gasteiger partial charge on any atom is -0.311 e. The van der Waals surface area contributed by atoms with E-state index in [1.54, 1.807) is 17.0 Å². The summed E-state index contributed by atoms with van der Waals surface area (Å²) in [5.41, 5.74) is 0.644. The Balaban J connectivity index is 2.24. The average molecular weight is 236 g/mol. The Morgan fingerprint density at radius 2 is 2.24 bits per heavy atom. The van der Waals surface area contributed by atoms with Crippen molar-refractivity contribution in [3.8, 4) is 0 Å². The summed E-state index contributed by atoms with van der Waals surface area (Å²) >= 11 is 0. The number of rotatable bonds is 1. The normalized spacial score (nSPS) is 22.1. The molecule has 1 unspecified atom stereocenters. The second-order valence-corrected chi connectivity index (χ2v) is 4.35. The fourth-order valence-electron chi connectivity index (χ4n) is 2.05. The maximum absolute atomic E-state index is 13.2. The van der Waals surface area contributed by atoms with Crippen LogP contribution in [0.4, 0.5) is 10.1 Å². The van der Waals surface area contributed by atoms with Gasteiger partial charge in [0.25, 0.3) is 0 Å².